The van der Waals surface area contributed by atoms with Crippen molar-refractivity contribution in [3.05, 3.63) is 64.7 Å². The minimum atomic E-state index is -1.06. The molecule has 2 atom stereocenters. The number of amides is 1. The van der Waals surface area contributed by atoms with Gasteiger partial charge in [-0.1, -0.05) is 29.8 Å². The molecule has 6 nitrogen and oxygen atoms in total. The van der Waals surface area contributed by atoms with Crippen molar-refractivity contribution in [3.63, 3.8) is 0 Å². The van der Waals surface area contributed by atoms with E-state index in [1.165, 1.54) is 0 Å². The number of ether oxygens (including phenoxy) is 1. The maximum Gasteiger partial charge on any atom is 0.291 e. The number of aryl methyl sites for hydroxylation is 2. The zero-order chi connectivity index (χ0) is 22.0. The molecule has 1 amide bonds. The summed E-state index contributed by atoms with van der Waals surface area (Å²) >= 11 is 0. The van der Waals surface area contributed by atoms with Gasteiger partial charge in [0.05, 0.1) is 13.2 Å². The topological polar surface area (TPSA) is 66.9 Å². The van der Waals surface area contributed by atoms with Crippen LogP contribution in [0.3, 0.4) is 0 Å². The van der Waals surface area contributed by atoms with Gasteiger partial charge in [0.15, 0.2) is 5.78 Å². The van der Waals surface area contributed by atoms with Crippen LogP contribution in [-0.4, -0.2) is 61.6 Å². The summed E-state index contributed by atoms with van der Waals surface area (Å²) in [4.78, 5) is 42.8. The van der Waals surface area contributed by atoms with Gasteiger partial charge >= 0.3 is 0 Å². The van der Waals surface area contributed by atoms with E-state index in [4.69, 9.17) is 4.74 Å². The lowest BCUT2D eigenvalue weighted by Gasteiger charge is -2.28. The molecule has 1 aliphatic heterocycles. The Morgan fingerprint density at radius 1 is 1.07 bits per heavy atom. The molecule has 1 aliphatic rings. The number of benzene rings is 2. The van der Waals surface area contributed by atoms with Crippen LogP contribution in [0.15, 0.2) is 42.5 Å². The van der Waals surface area contributed by atoms with Crippen LogP contribution in [-0.2, 0) is 9.59 Å². The minimum Gasteiger partial charge on any atom is -0.496 e. The predicted molar refractivity (Wildman–Crippen MR) is 115 cm³/mol. The lowest BCUT2D eigenvalue weighted by atomic mass is 9.85. The highest BCUT2D eigenvalue weighted by Gasteiger charge is 2.51. The van der Waals surface area contributed by atoms with E-state index in [0.29, 0.717) is 24.4 Å². The molecular weight excluding hydrogens is 380 g/mol. The van der Waals surface area contributed by atoms with Crippen molar-refractivity contribution in [2.75, 3.05) is 34.3 Å². The number of carbonyl (C=O) groups excluding carboxylic acids is 3. The van der Waals surface area contributed by atoms with E-state index in [1.807, 2.05) is 57.1 Å². The third-order valence-corrected chi connectivity index (χ3v) is 5.57. The zero-order valence-electron chi connectivity index (χ0n) is 18.1. The van der Waals surface area contributed by atoms with Crippen LogP contribution in [0.1, 0.15) is 33.1 Å². The van der Waals surface area contributed by atoms with E-state index in [0.717, 1.165) is 16.7 Å². The van der Waals surface area contributed by atoms with Gasteiger partial charge in [-0.15, -0.1) is 0 Å². The first-order valence-corrected chi connectivity index (χ1v) is 9.99. The number of carbonyl (C=O) groups is 3. The molecule has 0 saturated carbocycles. The van der Waals surface area contributed by atoms with Crippen molar-refractivity contribution in [2.24, 2.45) is 5.92 Å². The van der Waals surface area contributed by atoms with Gasteiger partial charge in [0, 0.05) is 18.7 Å². The SMILES string of the molecule is COc1ccc(C(=O)C2C(=O)C(=O)N(CCN(C)C)C2c2ccc(C)cc2)cc1C. The van der Waals surface area contributed by atoms with E-state index < -0.39 is 23.7 Å². The fourth-order valence-corrected chi connectivity index (χ4v) is 3.88. The fourth-order valence-electron chi connectivity index (χ4n) is 3.88. The van der Waals surface area contributed by atoms with Crippen molar-refractivity contribution in [1.82, 2.24) is 9.80 Å². The lowest BCUT2D eigenvalue weighted by Crippen LogP contribution is -2.36. The van der Waals surface area contributed by atoms with Gasteiger partial charge in [-0.25, -0.2) is 0 Å². The van der Waals surface area contributed by atoms with Crippen molar-refractivity contribution in [1.29, 1.82) is 0 Å². The number of Topliss-reactive ketones (excluding diaryl/α,β-unsaturated/α-hetero) is 2. The Morgan fingerprint density at radius 3 is 2.30 bits per heavy atom. The number of likely N-dealkylation sites (tertiary alicyclic amines) is 1. The molecule has 1 heterocycles. The Hall–Kier alpha value is -2.99. The van der Waals surface area contributed by atoms with Crippen molar-refractivity contribution in [3.8, 4) is 5.75 Å². The molecular formula is C24H28N2O4. The monoisotopic (exact) mass is 408 g/mol. The molecule has 6 heteroatoms. The molecule has 1 fully saturated rings. The fraction of sp³-hybridized carbons (Fsp3) is 0.375. The number of hydrogen-bond donors (Lipinski definition) is 0. The van der Waals surface area contributed by atoms with Crippen LogP contribution < -0.4 is 4.74 Å². The van der Waals surface area contributed by atoms with Crippen LogP contribution >= 0.6 is 0 Å². The molecule has 3 rings (SSSR count). The van der Waals surface area contributed by atoms with E-state index in [-0.39, 0.29) is 5.78 Å². The van der Waals surface area contributed by atoms with Gasteiger partial charge in [0.1, 0.15) is 11.7 Å². The Morgan fingerprint density at radius 2 is 1.73 bits per heavy atom. The summed E-state index contributed by atoms with van der Waals surface area (Å²) in [6, 6.07) is 12.1. The van der Waals surface area contributed by atoms with Gasteiger partial charge < -0.3 is 14.5 Å². The highest BCUT2D eigenvalue weighted by atomic mass is 16.5. The molecule has 2 aromatic rings. The first-order valence-electron chi connectivity index (χ1n) is 9.99. The second-order valence-electron chi connectivity index (χ2n) is 8.05. The molecule has 0 bridgehead atoms. The van der Waals surface area contributed by atoms with Gasteiger partial charge in [-0.2, -0.15) is 0 Å². The van der Waals surface area contributed by atoms with E-state index >= 15 is 0 Å². The largest absolute Gasteiger partial charge is 0.496 e. The summed E-state index contributed by atoms with van der Waals surface area (Å²) in [5.74, 6) is -1.96. The molecule has 0 radical (unpaired) electrons. The van der Waals surface area contributed by atoms with Crippen LogP contribution in [0.4, 0.5) is 0 Å². The van der Waals surface area contributed by atoms with E-state index in [9.17, 15) is 14.4 Å². The summed E-state index contributed by atoms with van der Waals surface area (Å²) in [6.45, 7) is 4.80. The molecule has 0 spiro atoms. The molecule has 1 saturated heterocycles. The lowest BCUT2D eigenvalue weighted by molar-refractivity contribution is -0.140. The first-order chi connectivity index (χ1) is 14.2. The summed E-state index contributed by atoms with van der Waals surface area (Å²) in [7, 11) is 5.39. The van der Waals surface area contributed by atoms with Crippen molar-refractivity contribution in [2.45, 2.75) is 19.9 Å². The molecule has 0 N–H and O–H groups in total. The number of nitrogens with zero attached hydrogens (tertiary/aromatic N) is 2. The summed E-state index contributed by atoms with van der Waals surface area (Å²) in [5.41, 5.74) is 3.08. The Labute approximate surface area is 177 Å². The zero-order valence-corrected chi connectivity index (χ0v) is 18.1. The predicted octanol–water partition coefficient (Wildman–Crippen LogP) is 2.83. The maximum atomic E-state index is 13.4. The molecule has 2 unspecified atom stereocenters. The van der Waals surface area contributed by atoms with Gasteiger partial charge in [-0.3, -0.25) is 14.4 Å². The van der Waals surface area contributed by atoms with E-state index in [2.05, 4.69) is 0 Å². The highest BCUT2D eigenvalue weighted by molar-refractivity contribution is 6.44. The van der Waals surface area contributed by atoms with Gasteiger partial charge in [0.25, 0.3) is 5.91 Å². The number of likely N-dealkylation sites (N-methyl/N-ethyl adjacent to an activating group) is 1. The molecule has 30 heavy (non-hydrogen) atoms. The maximum absolute atomic E-state index is 13.4. The van der Waals surface area contributed by atoms with Crippen LogP contribution in [0.2, 0.25) is 0 Å². The molecule has 2 aromatic carbocycles. The normalized spacial score (nSPS) is 18.9. The third kappa shape index (κ3) is 4.14. The molecule has 0 aliphatic carbocycles. The summed E-state index contributed by atoms with van der Waals surface area (Å²) in [5, 5.41) is 0. The summed E-state index contributed by atoms with van der Waals surface area (Å²) < 4.78 is 5.27. The highest BCUT2D eigenvalue weighted by Crippen LogP contribution is 2.38. The minimum absolute atomic E-state index is 0.336. The molecule has 0 aromatic heterocycles. The average Bonchev–Trinajstić information content (AvgIpc) is 2.96. The second kappa shape index (κ2) is 8.79. The molecule has 158 valence electrons. The van der Waals surface area contributed by atoms with Crippen LogP contribution in [0.25, 0.3) is 0 Å². The van der Waals surface area contributed by atoms with Gasteiger partial charge in [-0.05, 0) is 57.3 Å². The number of methoxy groups -OCH3 is 1. The van der Waals surface area contributed by atoms with Gasteiger partial charge in [0.2, 0.25) is 5.78 Å². The van der Waals surface area contributed by atoms with E-state index in [1.54, 1.807) is 30.2 Å². The summed E-state index contributed by atoms with van der Waals surface area (Å²) in [6.07, 6.45) is 0. The number of hydrogen-bond acceptors (Lipinski definition) is 5. The number of rotatable bonds is 7. The second-order valence-corrected chi connectivity index (χ2v) is 8.05. The van der Waals surface area contributed by atoms with Crippen molar-refractivity contribution < 1.29 is 19.1 Å². The Balaban J connectivity index is 2.04. The smallest absolute Gasteiger partial charge is 0.291 e. The number of ketones is 2. The Kier molecular flexibility index (Phi) is 6.37. The average molecular weight is 408 g/mol. The standard InChI is InChI=1S/C24H28N2O4/c1-15-6-8-17(9-7-15)21-20(23(28)24(29)26(21)13-12-25(3)4)22(27)18-10-11-19(30-5)16(2)14-18/h6-11,14,20-21H,12-13H2,1-5H3. The van der Waals surface area contributed by atoms with Crippen LogP contribution in [0, 0.1) is 19.8 Å². The Bertz CT molecular complexity index is 966. The quantitative estimate of drug-likeness (QED) is 0.400. The first kappa shape index (κ1) is 21.7. The van der Waals surface area contributed by atoms with Crippen molar-refractivity contribution >= 4 is 17.5 Å². The third-order valence-electron chi connectivity index (χ3n) is 5.57. The van der Waals surface area contributed by atoms with Crippen LogP contribution in [0.5, 0.6) is 5.75 Å².